The molecule has 0 saturated carbocycles. The Morgan fingerprint density at radius 1 is 1.35 bits per heavy atom. The van der Waals surface area contributed by atoms with E-state index in [9.17, 15) is 18.0 Å². The average molecular weight is 304 g/mol. The van der Waals surface area contributed by atoms with Crippen molar-refractivity contribution in [2.24, 2.45) is 0 Å². The number of carboxylic acids is 1. The fourth-order valence-corrected chi connectivity index (χ4v) is 2.02. The van der Waals surface area contributed by atoms with Crippen LogP contribution in [-0.2, 0) is 14.6 Å². The molecule has 0 aliphatic rings. The minimum atomic E-state index is -3.27. The van der Waals surface area contributed by atoms with Gasteiger partial charge in [0.05, 0.1) is 5.75 Å². The number of hydrogen-bond acceptors (Lipinski definition) is 4. The Morgan fingerprint density at radius 3 is 2.50 bits per heavy atom. The van der Waals surface area contributed by atoms with E-state index in [2.05, 4.69) is 16.6 Å². The number of urea groups is 1. The second kappa shape index (κ2) is 9.20. The second-order valence-corrected chi connectivity index (χ2v) is 6.63. The van der Waals surface area contributed by atoms with Crippen LogP contribution >= 0.6 is 0 Å². The summed E-state index contributed by atoms with van der Waals surface area (Å²) in [5.41, 5.74) is 0. The molecular weight excluding hydrogens is 284 g/mol. The molecule has 114 valence electrons. The van der Waals surface area contributed by atoms with Crippen LogP contribution in [0.15, 0.2) is 0 Å². The van der Waals surface area contributed by atoms with Gasteiger partial charge in [-0.05, 0) is 19.3 Å². The fourth-order valence-electron chi connectivity index (χ4n) is 1.35. The molecule has 0 aromatic heterocycles. The lowest BCUT2D eigenvalue weighted by Crippen LogP contribution is -2.46. The highest BCUT2D eigenvalue weighted by molar-refractivity contribution is 7.90. The molecule has 1 unspecified atom stereocenters. The van der Waals surface area contributed by atoms with Crippen LogP contribution in [0.25, 0.3) is 0 Å². The Bertz CT molecular complexity index is 467. The predicted octanol–water partition coefficient (Wildman–Crippen LogP) is -0.0230. The number of nitrogens with one attached hydrogen (secondary N) is 2. The number of unbranched alkanes of at least 4 members (excludes halogenated alkanes) is 2. The van der Waals surface area contributed by atoms with Gasteiger partial charge in [-0.25, -0.2) is 18.0 Å². The zero-order chi connectivity index (χ0) is 15.6. The molecule has 2 amide bonds. The number of aliphatic carboxylic acids is 1. The molecule has 0 radical (unpaired) electrons. The molecule has 0 aliphatic carbocycles. The standard InChI is InChI=1S/C12H20N2O5S/c1-3-4-5-6-8-13-12(17)14-10(11(15)16)7-9-20(2,18)19/h1,10H,4-9H2,2H3,(H,15,16)(H2,13,14,17). The smallest absolute Gasteiger partial charge is 0.326 e. The van der Waals surface area contributed by atoms with Gasteiger partial charge in [0.1, 0.15) is 15.9 Å². The zero-order valence-electron chi connectivity index (χ0n) is 11.4. The zero-order valence-corrected chi connectivity index (χ0v) is 12.2. The van der Waals surface area contributed by atoms with Crippen molar-refractivity contribution in [1.82, 2.24) is 10.6 Å². The molecule has 0 fully saturated rings. The van der Waals surface area contributed by atoms with Crippen molar-refractivity contribution >= 4 is 21.8 Å². The third kappa shape index (κ3) is 10.2. The summed E-state index contributed by atoms with van der Waals surface area (Å²) in [5, 5.41) is 13.6. The van der Waals surface area contributed by atoms with E-state index in [0.29, 0.717) is 19.4 Å². The van der Waals surface area contributed by atoms with Crippen molar-refractivity contribution in [3.63, 3.8) is 0 Å². The maximum absolute atomic E-state index is 11.4. The molecule has 3 N–H and O–H groups in total. The van der Waals surface area contributed by atoms with E-state index in [0.717, 1.165) is 12.7 Å². The molecule has 0 heterocycles. The summed E-state index contributed by atoms with van der Waals surface area (Å²) in [6.45, 7) is 0.381. The lowest BCUT2D eigenvalue weighted by Gasteiger charge is -2.14. The minimum Gasteiger partial charge on any atom is -0.480 e. The van der Waals surface area contributed by atoms with Gasteiger partial charge in [-0.2, -0.15) is 0 Å². The van der Waals surface area contributed by atoms with E-state index < -0.39 is 27.9 Å². The number of hydrogen-bond donors (Lipinski definition) is 3. The lowest BCUT2D eigenvalue weighted by atomic mass is 10.2. The summed E-state index contributed by atoms with van der Waals surface area (Å²) in [7, 11) is -3.27. The van der Waals surface area contributed by atoms with Crippen LogP contribution in [0.1, 0.15) is 25.7 Å². The fraction of sp³-hybridized carbons (Fsp3) is 0.667. The third-order valence-corrected chi connectivity index (χ3v) is 3.39. The first-order chi connectivity index (χ1) is 9.26. The Hall–Kier alpha value is -1.75. The van der Waals surface area contributed by atoms with Crippen molar-refractivity contribution in [1.29, 1.82) is 0 Å². The number of carboxylic acid groups (broad SMARTS) is 1. The number of carbonyl (C=O) groups excluding carboxylic acids is 1. The molecule has 8 heteroatoms. The number of sulfone groups is 1. The first-order valence-electron chi connectivity index (χ1n) is 6.14. The maximum atomic E-state index is 11.4. The predicted molar refractivity (Wildman–Crippen MR) is 75.0 cm³/mol. The van der Waals surface area contributed by atoms with Crippen LogP contribution in [0.3, 0.4) is 0 Å². The molecule has 0 spiro atoms. The van der Waals surface area contributed by atoms with Gasteiger partial charge in [0.2, 0.25) is 0 Å². The molecular formula is C12H20N2O5S. The molecule has 0 aromatic rings. The second-order valence-electron chi connectivity index (χ2n) is 4.37. The van der Waals surface area contributed by atoms with Crippen molar-refractivity contribution in [2.75, 3.05) is 18.6 Å². The minimum absolute atomic E-state index is 0.168. The average Bonchev–Trinajstić information content (AvgIpc) is 2.32. The summed E-state index contributed by atoms with van der Waals surface area (Å²) >= 11 is 0. The lowest BCUT2D eigenvalue weighted by molar-refractivity contribution is -0.139. The molecule has 0 saturated heterocycles. The van der Waals surface area contributed by atoms with Crippen molar-refractivity contribution < 1.29 is 23.1 Å². The van der Waals surface area contributed by atoms with Crippen LogP contribution in [-0.4, -0.2) is 50.1 Å². The largest absolute Gasteiger partial charge is 0.480 e. The Morgan fingerprint density at radius 2 is 2.00 bits per heavy atom. The van der Waals surface area contributed by atoms with Crippen LogP contribution in [0, 0.1) is 12.3 Å². The number of rotatable bonds is 9. The van der Waals surface area contributed by atoms with Gasteiger partial charge in [-0.1, -0.05) is 0 Å². The third-order valence-electron chi connectivity index (χ3n) is 2.41. The first-order valence-corrected chi connectivity index (χ1v) is 8.20. The molecule has 20 heavy (non-hydrogen) atoms. The van der Waals surface area contributed by atoms with Crippen LogP contribution in [0.4, 0.5) is 4.79 Å². The van der Waals surface area contributed by atoms with E-state index in [4.69, 9.17) is 11.5 Å². The number of amides is 2. The number of carbonyl (C=O) groups is 2. The highest BCUT2D eigenvalue weighted by Crippen LogP contribution is 1.97. The molecule has 7 nitrogen and oxygen atoms in total. The topological polar surface area (TPSA) is 113 Å². The highest BCUT2D eigenvalue weighted by atomic mass is 32.2. The number of terminal acetylenes is 1. The summed E-state index contributed by atoms with van der Waals surface area (Å²) in [6.07, 6.45) is 8.00. The molecule has 0 bridgehead atoms. The summed E-state index contributed by atoms with van der Waals surface area (Å²) < 4.78 is 22.0. The van der Waals surface area contributed by atoms with E-state index in [1.54, 1.807) is 0 Å². The molecule has 1 atom stereocenters. The Balaban J connectivity index is 4.09. The van der Waals surface area contributed by atoms with E-state index in [1.807, 2.05) is 0 Å². The monoisotopic (exact) mass is 304 g/mol. The van der Waals surface area contributed by atoms with Gasteiger partial charge in [0.15, 0.2) is 0 Å². The molecule has 0 aliphatic heterocycles. The molecule has 0 aromatic carbocycles. The van der Waals surface area contributed by atoms with Crippen LogP contribution in [0.2, 0.25) is 0 Å². The Kier molecular flexibility index (Phi) is 8.40. The summed E-state index contributed by atoms with van der Waals surface area (Å²) in [4.78, 5) is 22.3. The normalized spacial score (nSPS) is 12.2. The molecule has 0 rings (SSSR count). The van der Waals surface area contributed by atoms with Crippen molar-refractivity contribution in [2.45, 2.75) is 31.7 Å². The SMILES string of the molecule is C#CCCCCNC(=O)NC(CCS(C)(=O)=O)C(=O)O. The van der Waals surface area contributed by atoms with Gasteiger partial charge in [0.25, 0.3) is 0 Å². The van der Waals surface area contributed by atoms with E-state index in [1.165, 1.54) is 0 Å². The summed E-state index contributed by atoms with van der Waals surface area (Å²) in [6, 6.07) is -1.86. The highest BCUT2D eigenvalue weighted by Gasteiger charge is 2.21. The van der Waals surface area contributed by atoms with E-state index in [-0.39, 0.29) is 12.2 Å². The van der Waals surface area contributed by atoms with E-state index >= 15 is 0 Å². The van der Waals surface area contributed by atoms with Crippen LogP contribution in [0.5, 0.6) is 0 Å². The van der Waals surface area contributed by atoms with Crippen LogP contribution < -0.4 is 10.6 Å². The first kappa shape index (κ1) is 18.2. The van der Waals surface area contributed by atoms with Gasteiger partial charge in [-0.15, -0.1) is 12.3 Å². The van der Waals surface area contributed by atoms with Crippen molar-refractivity contribution in [3.05, 3.63) is 0 Å². The van der Waals surface area contributed by atoms with Gasteiger partial charge < -0.3 is 15.7 Å². The van der Waals surface area contributed by atoms with Crippen molar-refractivity contribution in [3.8, 4) is 12.3 Å². The van der Waals surface area contributed by atoms with Gasteiger partial charge in [0, 0.05) is 19.2 Å². The van der Waals surface area contributed by atoms with Gasteiger partial charge >= 0.3 is 12.0 Å². The Labute approximate surface area is 119 Å². The maximum Gasteiger partial charge on any atom is 0.326 e. The summed E-state index contributed by atoms with van der Waals surface area (Å²) in [5.74, 6) is 0.904. The quantitative estimate of drug-likeness (QED) is 0.409. The van der Waals surface area contributed by atoms with Gasteiger partial charge in [-0.3, -0.25) is 0 Å².